The van der Waals surface area contributed by atoms with Gasteiger partial charge in [0, 0.05) is 17.3 Å². The number of hydrogen-bond acceptors (Lipinski definition) is 4. The van der Waals surface area contributed by atoms with Crippen molar-refractivity contribution in [3.63, 3.8) is 0 Å². The number of rotatable bonds is 5. The fourth-order valence-electron chi connectivity index (χ4n) is 1.63. The van der Waals surface area contributed by atoms with Crippen molar-refractivity contribution in [2.75, 3.05) is 23.9 Å². The molecule has 0 bridgehead atoms. The maximum Gasteiger partial charge on any atom is 0.159 e. The minimum absolute atomic E-state index is 0.454. The highest BCUT2D eigenvalue weighted by Gasteiger charge is 2.06. The molecule has 0 atom stereocenters. The maximum atomic E-state index is 6.01. The summed E-state index contributed by atoms with van der Waals surface area (Å²) in [6.45, 7) is 0.904. The molecular formula is C12H14ClN3S. The highest BCUT2D eigenvalue weighted by atomic mass is 35.5. The third kappa shape index (κ3) is 3.01. The molecule has 1 aromatic carbocycles. The lowest BCUT2D eigenvalue weighted by atomic mass is 10.2. The van der Waals surface area contributed by atoms with Crippen LogP contribution in [0.1, 0.15) is 6.42 Å². The molecule has 17 heavy (non-hydrogen) atoms. The van der Waals surface area contributed by atoms with Gasteiger partial charge in [-0.1, -0.05) is 35.9 Å². The number of halogens is 1. The summed E-state index contributed by atoms with van der Waals surface area (Å²) in [6, 6.07) is 7.90. The first-order valence-corrected chi connectivity index (χ1v) is 7.24. The van der Waals surface area contributed by atoms with E-state index >= 15 is 0 Å². The zero-order valence-corrected chi connectivity index (χ0v) is 11.2. The van der Waals surface area contributed by atoms with Crippen LogP contribution in [-0.4, -0.2) is 28.8 Å². The van der Waals surface area contributed by atoms with Crippen LogP contribution in [0.15, 0.2) is 24.3 Å². The summed E-state index contributed by atoms with van der Waals surface area (Å²) in [7, 11) is 0. The number of anilines is 1. The van der Waals surface area contributed by atoms with Crippen molar-refractivity contribution in [2.45, 2.75) is 6.42 Å². The van der Waals surface area contributed by atoms with E-state index in [1.807, 2.05) is 36.0 Å². The second-order valence-electron chi connectivity index (χ2n) is 3.66. The number of fused-ring (bicyclic) bond motifs is 1. The van der Waals surface area contributed by atoms with Crippen LogP contribution in [-0.2, 0) is 0 Å². The fraction of sp³-hybridized carbons (Fsp3) is 0.333. The monoisotopic (exact) mass is 267 g/mol. The van der Waals surface area contributed by atoms with Gasteiger partial charge in [-0.2, -0.15) is 11.8 Å². The number of hydrogen-bond donors (Lipinski definition) is 1. The van der Waals surface area contributed by atoms with Gasteiger partial charge >= 0.3 is 0 Å². The summed E-state index contributed by atoms with van der Waals surface area (Å²) >= 11 is 7.85. The molecule has 0 aliphatic carbocycles. The average molecular weight is 268 g/mol. The van der Waals surface area contributed by atoms with Crippen molar-refractivity contribution in [3.8, 4) is 0 Å². The van der Waals surface area contributed by atoms with Crippen LogP contribution in [0.2, 0.25) is 5.15 Å². The highest BCUT2D eigenvalue weighted by molar-refractivity contribution is 7.98. The molecule has 3 nitrogen and oxygen atoms in total. The first-order chi connectivity index (χ1) is 8.33. The maximum absolute atomic E-state index is 6.01. The quantitative estimate of drug-likeness (QED) is 0.842. The molecular weight excluding hydrogens is 254 g/mol. The predicted molar refractivity (Wildman–Crippen MR) is 76.0 cm³/mol. The summed E-state index contributed by atoms with van der Waals surface area (Å²) in [6.07, 6.45) is 3.22. The minimum atomic E-state index is 0.454. The number of thioether (sulfide) groups is 1. The largest absolute Gasteiger partial charge is 0.368 e. The Morgan fingerprint density at radius 1 is 1.24 bits per heavy atom. The van der Waals surface area contributed by atoms with Gasteiger partial charge in [0.1, 0.15) is 0 Å². The van der Waals surface area contributed by atoms with Gasteiger partial charge in [0.25, 0.3) is 0 Å². The van der Waals surface area contributed by atoms with E-state index in [0.717, 1.165) is 35.3 Å². The molecule has 0 fully saturated rings. The predicted octanol–water partition coefficient (Wildman–Crippen LogP) is 3.45. The van der Waals surface area contributed by atoms with Crippen molar-refractivity contribution in [2.24, 2.45) is 0 Å². The lowest BCUT2D eigenvalue weighted by Gasteiger charge is -2.08. The molecule has 0 aliphatic rings. The molecule has 1 aromatic heterocycles. The molecule has 0 radical (unpaired) electrons. The van der Waals surface area contributed by atoms with Gasteiger partial charge in [-0.25, -0.2) is 0 Å². The summed E-state index contributed by atoms with van der Waals surface area (Å²) in [5, 5.41) is 13.8. The Labute approximate surface area is 110 Å². The molecule has 90 valence electrons. The average Bonchev–Trinajstić information content (AvgIpc) is 2.37. The van der Waals surface area contributed by atoms with Gasteiger partial charge in [0.05, 0.1) is 0 Å². The Kier molecular flexibility index (Phi) is 4.45. The first kappa shape index (κ1) is 12.5. The fourth-order valence-corrected chi connectivity index (χ4v) is 2.26. The lowest BCUT2D eigenvalue weighted by Crippen LogP contribution is -2.05. The Bertz CT molecular complexity index is 504. The third-order valence-electron chi connectivity index (χ3n) is 2.46. The van der Waals surface area contributed by atoms with Crippen molar-refractivity contribution in [1.82, 2.24) is 10.2 Å². The molecule has 5 heteroatoms. The van der Waals surface area contributed by atoms with Crippen LogP contribution >= 0.6 is 23.4 Å². The zero-order chi connectivity index (χ0) is 12.1. The molecule has 0 saturated carbocycles. The van der Waals surface area contributed by atoms with Crippen LogP contribution in [0, 0.1) is 0 Å². The van der Waals surface area contributed by atoms with Crippen LogP contribution in [0.3, 0.4) is 0 Å². The molecule has 0 unspecified atom stereocenters. The van der Waals surface area contributed by atoms with Gasteiger partial charge in [-0.3, -0.25) is 0 Å². The van der Waals surface area contributed by atoms with Crippen LogP contribution in [0.5, 0.6) is 0 Å². The van der Waals surface area contributed by atoms with Gasteiger partial charge in [-0.05, 0) is 18.4 Å². The van der Waals surface area contributed by atoms with E-state index in [9.17, 15) is 0 Å². The normalized spacial score (nSPS) is 10.7. The smallest absolute Gasteiger partial charge is 0.159 e. The van der Waals surface area contributed by atoms with Crippen molar-refractivity contribution in [3.05, 3.63) is 29.4 Å². The zero-order valence-electron chi connectivity index (χ0n) is 9.61. The molecule has 2 rings (SSSR count). The van der Waals surface area contributed by atoms with Crippen LogP contribution in [0.4, 0.5) is 5.82 Å². The molecule has 1 N–H and O–H groups in total. The number of benzene rings is 1. The summed E-state index contributed by atoms with van der Waals surface area (Å²) < 4.78 is 0. The Morgan fingerprint density at radius 3 is 2.76 bits per heavy atom. The SMILES string of the molecule is CSCCCNc1nnc(Cl)c2ccccc12. The Morgan fingerprint density at radius 2 is 2.00 bits per heavy atom. The van der Waals surface area contributed by atoms with Crippen molar-refractivity contribution >= 4 is 40.0 Å². The van der Waals surface area contributed by atoms with Gasteiger partial charge in [-0.15, -0.1) is 10.2 Å². The summed E-state index contributed by atoms with van der Waals surface area (Å²) in [5.41, 5.74) is 0. The van der Waals surface area contributed by atoms with Gasteiger partial charge < -0.3 is 5.32 Å². The van der Waals surface area contributed by atoms with Crippen LogP contribution in [0.25, 0.3) is 10.8 Å². The molecule has 2 aromatic rings. The van der Waals surface area contributed by atoms with Crippen molar-refractivity contribution < 1.29 is 0 Å². The lowest BCUT2D eigenvalue weighted by molar-refractivity contribution is 0.960. The third-order valence-corrected chi connectivity index (χ3v) is 3.44. The molecule has 0 amide bonds. The van der Waals surface area contributed by atoms with Gasteiger partial charge in [0.15, 0.2) is 11.0 Å². The van der Waals surface area contributed by atoms with Crippen molar-refractivity contribution in [1.29, 1.82) is 0 Å². The van der Waals surface area contributed by atoms with Crippen LogP contribution < -0.4 is 5.32 Å². The highest BCUT2D eigenvalue weighted by Crippen LogP contribution is 2.25. The van der Waals surface area contributed by atoms with E-state index in [-0.39, 0.29) is 0 Å². The molecule has 1 heterocycles. The van der Waals surface area contributed by atoms with E-state index < -0.39 is 0 Å². The number of nitrogens with one attached hydrogen (secondary N) is 1. The van der Waals surface area contributed by atoms with E-state index in [1.165, 1.54) is 0 Å². The van der Waals surface area contributed by atoms with E-state index in [0.29, 0.717) is 5.15 Å². The van der Waals surface area contributed by atoms with E-state index in [4.69, 9.17) is 11.6 Å². The minimum Gasteiger partial charge on any atom is -0.368 e. The molecule has 0 aliphatic heterocycles. The second-order valence-corrected chi connectivity index (χ2v) is 5.00. The Balaban J connectivity index is 2.20. The second kappa shape index (κ2) is 6.07. The summed E-state index contributed by atoms with van der Waals surface area (Å²) in [5.74, 6) is 1.96. The first-order valence-electron chi connectivity index (χ1n) is 5.46. The van der Waals surface area contributed by atoms with E-state index in [1.54, 1.807) is 0 Å². The number of nitrogens with zero attached hydrogens (tertiary/aromatic N) is 2. The van der Waals surface area contributed by atoms with Gasteiger partial charge in [0.2, 0.25) is 0 Å². The van der Waals surface area contributed by atoms with E-state index in [2.05, 4.69) is 21.8 Å². The topological polar surface area (TPSA) is 37.8 Å². The molecule has 0 saturated heterocycles. The molecule has 0 spiro atoms. The standard InChI is InChI=1S/C12H14ClN3S/c1-17-8-4-7-14-12-10-6-3-2-5-9(10)11(13)15-16-12/h2-3,5-6H,4,7-8H2,1H3,(H,14,16). The number of aromatic nitrogens is 2. The summed E-state index contributed by atoms with van der Waals surface area (Å²) in [4.78, 5) is 0. The Hall–Kier alpha value is -1.00.